The minimum Gasteiger partial charge on any atom is -0.451 e. The van der Waals surface area contributed by atoms with Crippen LogP contribution in [0.25, 0.3) is 0 Å². The molecule has 0 atom stereocenters. The molecule has 0 fully saturated rings. The Labute approximate surface area is 134 Å². The Hall–Kier alpha value is -1.27. The normalized spacial score (nSPS) is 10.3. The maximum absolute atomic E-state index is 11.6. The summed E-state index contributed by atoms with van der Waals surface area (Å²) in [6.45, 7) is 3.10. The first-order valence-corrected chi connectivity index (χ1v) is 7.74. The van der Waals surface area contributed by atoms with Crippen molar-refractivity contribution >= 4 is 43.5 Å². The average molecular weight is 402 g/mol. The predicted molar refractivity (Wildman–Crippen MR) is 85.9 cm³/mol. The summed E-state index contributed by atoms with van der Waals surface area (Å²) in [5.74, 6) is 0.759. The molecule has 106 valence electrons. The van der Waals surface area contributed by atoms with Crippen LogP contribution in [0.2, 0.25) is 0 Å². The maximum Gasteiger partial charge on any atom is 0.251 e. The summed E-state index contributed by atoms with van der Waals surface area (Å²) >= 11 is 6.67. The Bertz CT molecular complexity index is 574. The molecule has 0 aliphatic heterocycles. The third kappa shape index (κ3) is 3.86. The molecular weight excluding hydrogens is 388 g/mol. The highest BCUT2D eigenvalue weighted by Crippen LogP contribution is 2.27. The second-order valence-corrected chi connectivity index (χ2v) is 5.70. The summed E-state index contributed by atoms with van der Waals surface area (Å²) in [6, 6.07) is 9.23. The Kier molecular flexibility index (Phi) is 5.25. The molecule has 1 aromatic heterocycles. The lowest BCUT2D eigenvalue weighted by Gasteiger charge is -2.06. The van der Waals surface area contributed by atoms with E-state index in [0.717, 1.165) is 15.9 Å². The van der Waals surface area contributed by atoms with Crippen molar-refractivity contribution in [2.24, 2.45) is 0 Å². The van der Waals surface area contributed by atoms with Gasteiger partial charge in [0.15, 0.2) is 4.67 Å². The molecule has 6 heteroatoms. The van der Waals surface area contributed by atoms with Crippen molar-refractivity contribution in [3.8, 4) is 0 Å². The highest BCUT2D eigenvalue weighted by Gasteiger charge is 2.06. The minimum absolute atomic E-state index is 0.0575. The molecule has 0 aliphatic carbocycles. The van der Waals surface area contributed by atoms with Gasteiger partial charge in [-0.2, -0.15) is 0 Å². The fraction of sp³-hybridized carbons (Fsp3) is 0.214. The molecule has 4 nitrogen and oxygen atoms in total. The van der Waals surface area contributed by atoms with Gasteiger partial charge in [-0.3, -0.25) is 4.79 Å². The van der Waals surface area contributed by atoms with Crippen molar-refractivity contribution in [2.75, 3.05) is 11.9 Å². The molecule has 0 spiro atoms. The van der Waals surface area contributed by atoms with Crippen molar-refractivity contribution in [3.63, 3.8) is 0 Å². The number of halogens is 2. The quantitative estimate of drug-likeness (QED) is 0.790. The molecule has 1 aromatic carbocycles. The molecule has 1 amide bonds. The van der Waals surface area contributed by atoms with Gasteiger partial charge < -0.3 is 15.1 Å². The third-order valence-electron chi connectivity index (χ3n) is 2.65. The highest BCUT2D eigenvalue weighted by atomic mass is 79.9. The minimum atomic E-state index is -0.0575. The van der Waals surface area contributed by atoms with Gasteiger partial charge >= 0.3 is 0 Å². The first-order valence-electron chi connectivity index (χ1n) is 6.16. The van der Waals surface area contributed by atoms with Crippen molar-refractivity contribution < 1.29 is 9.21 Å². The van der Waals surface area contributed by atoms with Gasteiger partial charge in [-0.15, -0.1) is 0 Å². The van der Waals surface area contributed by atoms with Crippen LogP contribution in [0.1, 0.15) is 23.0 Å². The van der Waals surface area contributed by atoms with E-state index in [1.807, 2.05) is 25.1 Å². The second-order valence-electron chi connectivity index (χ2n) is 4.12. The number of nitrogens with one attached hydrogen (secondary N) is 2. The first-order chi connectivity index (χ1) is 9.60. The summed E-state index contributed by atoms with van der Waals surface area (Å²) < 4.78 is 7.04. The van der Waals surface area contributed by atoms with Crippen LogP contribution in [0.3, 0.4) is 0 Å². The van der Waals surface area contributed by atoms with Crippen LogP contribution in [0.15, 0.2) is 43.9 Å². The van der Waals surface area contributed by atoms with Crippen LogP contribution >= 0.6 is 31.9 Å². The molecule has 2 rings (SSSR count). The fourth-order valence-corrected chi connectivity index (χ4v) is 2.33. The highest BCUT2D eigenvalue weighted by molar-refractivity contribution is 9.13. The van der Waals surface area contributed by atoms with Crippen LogP contribution in [0, 0.1) is 0 Å². The summed E-state index contributed by atoms with van der Waals surface area (Å²) in [5.41, 5.74) is 1.59. The number of hydrogen-bond acceptors (Lipinski definition) is 3. The molecular formula is C14H14Br2N2O2. The van der Waals surface area contributed by atoms with Crippen LogP contribution in [-0.2, 0) is 6.54 Å². The van der Waals surface area contributed by atoms with Gasteiger partial charge in [0.2, 0.25) is 0 Å². The number of benzene rings is 1. The predicted octanol–water partition coefficient (Wildman–Crippen LogP) is 4.17. The van der Waals surface area contributed by atoms with E-state index in [0.29, 0.717) is 23.3 Å². The first kappa shape index (κ1) is 15.1. The molecule has 0 saturated carbocycles. The summed E-state index contributed by atoms with van der Waals surface area (Å²) in [7, 11) is 0. The number of amides is 1. The Morgan fingerprint density at radius 2 is 1.95 bits per heavy atom. The summed E-state index contributed by atoms with van der Waals surface area (Å²) in [5, 5.41) is 6.00. The van der Waals surface area contributed by atoms with Crippen LogP contribution in [0.4, 0.5) is 5.69 Å². The topological polar surface area (TPSA) is 54.3 Å². The van der Waals surface area contributed by atoms with E-state index in [1.54, 1.807) is 12.1 Å². The van der Waals surface area contributed by atoms with Crippen molar-refractivity contribution in [3.05, 3.63) is 50.8 Å². The molecule has 1 heterocycles. The zero-order valence-corrected chi connectivity index (χ0v) is 14.0. The van der Waals surface area contributed by atoms with Crippen LogP contribution < -0.4 is 10.6 Å². The third-order valence-corrected chi connectivity index (χ3v) is 4.36. The molecule has 20 heavy (non-hydrogen) atoms. The SMILES string of the molecule is CCNC(=O)c1ccc(NCc2cc(Br)c(Br)o2)cc1. The number of carbonyl (C=O) groups is 1. The molecule has 0 saturated heterocycles. The molecule has 0 bridgehead atoms. The Balaban J connectivity index is 1.95. The van der Waals surface area contributed by atoms with Gasteiger partial charge in [-0.25, -0.2) is 0 Å². The monoisotopic (exact) mass is 400 g/mol. The average Bonchev–Trinajstić information content (AvgIpc) is 2.76. The number of rotatable bonds is 5. The van der Waals surface area contributed by atoms with Gasteiger partial charge in [0.1, 0.15) is 5.76 Å². The summed E-state index contributed by atoms with van der Waals surface area (Å²) in [4.78, 5) is 11.6. The van der Waals surface area contributed by atoms with Crippen molar-refractivity contribution in [1.29, 1.82) is 0 Å². The zero-order valence-electron chi connectivity index (χ0n) is 10.9. The number of carbonyl (C=O) groups excluding carboxylic acids is 1. The van der Waals surface area contributed by atoms with Gasteiger partial charge in [0, 0.05) is 17.8 Å². The Morgan fingerprint density at radius 1 is 1.25 bits per heavy atom. The number of furan rings is 1. The molecule has 0 unspecified atom stereocenters. The Morgan fingerprint density at radius 3 is 2.50 bits per heavy atom. The number of hydrogen-bond donors (Lipinski definition) is 2. The van der Waals surface area contributed by atoms with Crippen LogP contribution in [-0.4, -0.2) is 12.5 Å². The van der Waals surface area contributed by atoms with E-state index < -0.39 is 0 Å². The van der Waals surface area contributed by atoms with E-state index in [1.165, 1.54) is 0 Å². The second kappa shape index (κ2) is 6.95. The lowest BCUT2D eigenvalue weighted by Crippen LogP contribution is -2.22. The lowest BCUT2D eigenvalue weighted by molar-refractivity contribution is 0.0956. The smallest absolute Gasteiger partial charge is 0.251 e. The van der Waals surface area contributed by atoms with Gasteiger partial charge in [-0.1, -0.05) is 0 Å². The fourth-order valence-electron chi connectivity index (χ4n) is 1.67. The standard InChI is InChI=1S/C14H14Br2N2O2/c1-2-17-14(19)9-3-5-10(6-4-9)18-8-11-7-12(15)13(16)20-11/h3-7,18H,2,8H2,1H3,(H,17,19). The molecule has 0 aliphatic rings. The zero-order chi connectivity index (χ0) is 14.5. The van der Waals surface area contributed by atoms with E-state index in [2.05, 4.69) is 42.5 Å². The number of anilines is 1. The molecule has 2 aromatic rings. The largest absolute Gasteiger partial charge is 0.451 e. The van der Waals surface area contributed by atoms with Crippen LogP contribution in [0.5, 0.6) is 0 Å². The van der Waals surface area contributed by atoms with Crippen molar-refractivity contribution in [2.45, 2.75) is 13.5 Å². The summed E-state index contributed by atoms with van der Waals surface area (Å²) in [6.07, 6.45) is 0. The maximum atomic E-state index is 11.6. The lowest BCUT2D eigenvalue weighted by atomic mass is 10.2. The van der Waals surface area contributed by atoms with E-state index in [-0.39, 0.29) is 5.91 Å². The van der Waals surface area contributed by atoms with Gasteiger partial charge in [0.05, 0.1) is 11.0 Å². The van der Waals surface area contributed by atoms with Gasteiger partial charge in [0.25, 0.3) is 5.91 Å². The van der Waals surface area contributed by atoms with E-state index in [9.17, 15) is 4.79 Å². The van der Waals surface area contributed by atoms with E-state index in [4.69, 9.17) is 4.42 Å². The van der Waals surface area contributed by atoms with Crippen molar-refractivity contribution in [1.82, 2.24) is 5.32 Å². The molecule has 0 radical (unpaired) electrons. The molecule has 2 N–H and O–H groups in total. The van der Waals surface area contributed by atoms with Gasteiger partial charge in [-0.05, 0) is 69.1 Å². The van der Waals surface area contributed by atoms with E-state index >= 15 is 0 Å².